The zero-order valence-corrected chi connectivity index (χ0v) is 9.18. The van der Waals surface area contributed by atoms with Gasteiger partial charge in [0.2, 0.25) is 5.91 Å². The zero-order valence-electron chi connectivity index (χ0n) is 8.37. The Morgan fingerprint density at radius 3 is 2.25 bits per heavy atom. The van der Waals surface area contributed by atoms with Crippen LogP contribution in [-0.2, 0) is 16.2 Å². The summed E-state index contributed by atoms with van der Waals surface area (Å²) in [6.45, 7) is 0.767. The predicted octanol–water partition coefficient (Wildman–Crippen LogP) is 0.609. The Morgan fingerprint density at radius 2 is 1.81 bits per heavy atom. The molecule has 88 valence electrons. The summed E-state index contributed by atoms with van der Waals surface area (Å²) < 4.78 is 22.8. The minimum Gasteiger partial charge on any atom is -0.285 e. The van der Waals surface area contributed by atoms with E-state index < -0.39 is 11.4 Å². The molecule has 1 heterocycles. The second-order valence-electron chi connectivity index (χ2n) is 3.00. The van der Waals surface area contributed by atoms with Crippen LogP contribution < -0.4 is 10.4 Å². The van der Waals surface area contributed by atoms with E-state index in [1.54, 1.807) is 0 Å². The summed E-state index contributed by atoms with van der Waals surface area (Å²) >= 11 is -2.61. The van der Waals surface area contributed by atoms with E-state index in [-0.39, 0.29) is 5.91 Å². The van der Waals surface area contributed by atoms with Gasteiger partial charge >= 0.3 is 0 Å². The molecule has 0 radical (unpaired) electrons. The molecule has 16 heavy (non-hydrogen) atoms. The fourth-order valence-electron chi connectivity index (χ4n) is 1.28. The fourth-order valence-corrected chi connectivity index (χ4v) is 1.28. The molecular formula is C9H12N2O4S. The number of carbonyl (C=O) groups is 1. The highest BCUT2D eigenvalue weighted by Gasteiger charge is 2.17. The van der Waals surface area contributed by atoms with Crippen molar-refractivity contribution in [3.63, 3.8) is 0 Å². The van der Waals surface area contributed by atoms with Gasteiger partial charge in [0.1, 0.15) is 0 Å². The maximum atomic E-state index is 10.9. The summed E-state index contributed by atoms with van der Waals surface area (Å²) in [5, 5.41) is 1.86. The highest BCUT2D eigenvalue weighted by molar-refractivity contribution is 7.73. The first kappa shape index (κ1) is 12.6. The summed E-state index contributed by atoms with van der Waals surface area (Å²) in [5.41, 5.74) is 3.81. The van der Waals surface area contributed by atoms with Crippen LogP contribution in [0.1, 0.15) is 6.42 Å². The van der Waals surface area contributed by atoms with Gasteiger partial charge < -0.3 is 0 Å². The van der Waals surface area contributed by atoms with Crippen LogP contribution in [-0.4, -0.2) is 25.8 Å². The molecule has 0 spiro atoms. The Kier molecular flexibility index (Phi) is 4.90. The molecule has 0 bridgehead atoms. The fraction of sp³-hybridized carbons (Fsp3) is 0.222. The van der Waals surface area contributed by atoms with E-state index >= 15 is 0 Å². The molecule has 0 aliphatic carbocycles. The largest absolute Gasteiger partial charge is 0.299 e. The molecule has 6 nitrogen and oxygen atoms in total. The lowest BCUT2D eigenvalue weighted by molar-refractivity contribution is -0.119. The second-order valence-corrected chi connectivity index (χ2v) is 3.46. The highest BCUT2D eigenvalue weighted by atomic mass is 32.2. The number of nitrogens with one attached hydrogen (secondary N) is 1. The molecule has 0 saturated carbocycles. The summed E-state index contributed by atoms with van der Waals surface area (Å²) in [4.78, 5) is 10.9. The van der Waals surface area contributed by atoms with Crippen molar-refractivity contribution in [3.8, 4) is 0 Å². The van der Waals surface area contributed by atoms with Gasteiger partial charge in [-0.3, -0.25) is 24.3 Å². The van der Waals surface area contributed by atoms with Gasteiger partial charge in [-0.15, -0.1) is 0 Å². The Labute approximate surface area is 95.3 Å². The smallest absolute Gasteiger partial charge is 0.285 e. The van der Waals surface area contributed by atoms with Crippen molar-refractivity contribution >= 4 is 23.0 Å². The predicted molar refractivity (Wildman–Crippen MR) is 59.9 cm³/mol. The van der Waals surface area contributed by atoms with Gasteiger partial charge in [0.05, 0.1) is 5.69 Å². The molecule has 1 aromatic rings. The third-order valence-corrected chi connectivity index (χ3v) is 1.89. The van der Waals surface area contributed by atoms with Crippen LogP contribution in [0.3, 0.4) is 0 Å². The third kappa shape index (κ3) is 4.39. The topological polar surface area (TPSA) is 89.9 Å². The number of amides is 1. The standard InChI is InChI=1S/C9H10N2O.H2O3S/c12-9-6-7-11(10-9)8-4-2-1-3-5-8;1-4(2)3/h1-5H,6-7H2,(H,10,12);(H2,1,2,3). The average Bonchev–Trinajstić information content (AvgIpc) is 2.65. The van der Waals surface area contributed by atoms with Crippen LogP contribution in [0.5, 0.6) is 0 Å². The number of para-hydroxylation sites is 1. The van der Waals surface area contributed by atoms with Crippen LogP contribution in [0.2, 0.25) is 0 Å². The van der Waals surface area contributed by atoms with Crippen LogP contribution >= 0.6 is 0 Å². The molecule has 1 aromatic carbocycles. The minimum absolute atomic E-state index is 0.0962. The molecule has 7 heteroatoms. The van der Waals surface area contributed by atoms with E-state index in [9.17, 15) is 4.79 Å². The number of hydrazine groups is 1. The van der Waals surface area contributed by atoms with E-state index in [4.69, 9.17) is 13.3 Å². The van der Waals surface area contributed by atoms with Crippen molar-refractivity contribution < 1.29 is 18.1 Å². The van der Waals surface area contributed by atoms with Gasteiger partial charge in [-0.25, -0.2) is 0 Å². The lowest BCUT2D eigenvalue weighted by Gasteiger charge is -2.16. The summed E-state index contributed by atoms with van der Waals surface area (Å²) in [6.07, 6.45) is 0.592. The Bertz CT molecular complexity index is 367. The molecule has 1 saturated heterocycles. The Morgan fingerprint density at radius 1 is 1.25 bits per heavy atom. The number of carbonyl (C=O) groups excluding carboxylic acids is 1. The average molecular weight is 244 g/mol. The van der Waals surface area contributed by atoms with Crippen molar-refractivity contribution in [2.75, 3.05) is 11.6 Å². The Balaban J connectivity index is 0.000000280. The molecule has 1 aliphatic heterocycles. The third-order valence-electron chi connectivity index (χ3n) is 1.89. The number of nitrogens with zero attached hydrogens (tertiary/aromatic N) is 1. The molecule has 1 amide bonds. The first-order chi connectivity index (χ1) is 7.59. The van der Waals surface area contributed by atoms with Crippen LogP contribution in [0, 0.1) is 0 Å². The second kappa shape index (κ2) is 6.21. The first-order valence-corrected chi connectivity index (χ1v) is 5.58. The van der Waals surface area contributed by atoms with Crippen molar-refractivity contribution in [1.29, 1.82) is 0 Å². The SMILES string of the molecule is O=C1CCN(c2ccccc2)N1.O=S(O)O. The summed E-state index contributed by atoms with van der Waals surface area (Å²) in [6, 6.07) is 9.83. The van der Waals surface area contributed by atoms with E-state index in [1.165, 1.54) is 0 Å². The normalized spacial score (nSPS) is 14.4. The van der Waals surface area contributed by atoms with Gasteiger partial charge in [0.15, 0.2) is 0 Å². The molecule has 0 atom stereocenters. The zero-order chi connectivity index (χ0) is 12.0. The highest BCUT2D eigenvalue weighted by Crippen LogP contribution is 2.13. The van der Waals surface area contributed by atoms with E-state index in [2.05, 4.69) is 5.43 Å². The van der Waals surface area contributed by atoms with Crippen LogP contribution in [0.4, 0.5) is 5.69 Å². The van der Waals surface area contributed by atoms with E-state index in [1.807, 2.05) is 35.3 Å². The maximum absolute atomic E-state index is 10.9. The summed E-state index contributed by atoms with van der Waals surface area (Å²) in [7, 11) is 0. The van der Waals surface area contributed by atoms with E-state index in [0.29, 0.717) is 6.42 Å². The molecule has 1 fully saturated rings. The number of anilines is 1. The molecule has 3 N–H and O–H groups in total. The first-order valence-electron chi connectivity index (χ1n) is 4.51. The summed E-state index contributed by atoms with van der Waals surface area (Å²) in [5.74, 6) is 0.0962. The van der Waals surface area contributed by atoms with Gasteiger partial charge in [0.25, 0.3) is 11.4 Å². The van der Waals surface area contributed by atoms with Gasteiger partial charge in [-0.2, -0.15) is 4.21 Å². The van der Waals surface area contributed by atoms with Gasteiger partial charge in [0, 0.05) is 13.0 Å². The molecule has 2 rings (SSSR count). The quantitative estimate of drug-likeness (QED) is 0.630. The molecular weight excluding hydrogens is 232 g/mol. The number of rotatable bonds is 1. The van der Waals surface area contributed by atoms with Crippen molar-refractivity contribution in [2.24, 2.45) is 0 Å². The number of benzene rings is 1. The lowest BCUT2D eigenvalue weighted by Crippen LogP contribution is -2.32. The van der Waals surface area contributed by atoms with Crippen molar-refractivity contribution in [2.45, 2.75) is 6.42 Å². The van der Waals surface area contributed by atoms with Crippen LogP contribution in [0.25, 0.3) is 0 Å². The minimum atomic E-state index is -2.61. The van der Waals surface area contributed by atoms with Crippen molar-refractivity contribution in [3.05, 3.63) is 30.3 Å². The van der Waals surface area contributed by atoms with Crippen LogP contribution in [0.15, 0.2) is 30.3 Å². The van der Waals surface area contributed by atoms with E-state index in [0.717, 1.165) is 12.2 Å². The van der Waals surface area contributed by atoms with Gasteiger partial charge in [-0.05, 0) is 12.1 Å². The maximum Gasteiger partial charge on any atom is 0.299 e. The molecule has 0 unspecified atom stereocenters. The number of hydrogen-bond acceptors (Lipinski definition) is 3. The Hall–Kier alpha value is -1.44. The lowest BCUT2D eigenvalue weighted by atomic mass is 10.3. The van der Waals surface area contributed by atoms with Crippen molar-refractivity contribution in [1.82, 2.24) is 5.43 Å². The molecule has 0 aromatic heterocycles. The molecule has 1 aliphatic rings. The van der Waals surface area contributed by atoms with Gasteiger partial charge in [-0.1, -0.05) is 18.2 Å². The number of hydrogen-bond donors (Lipinski definition) is 3. The monoisotopic (exact) mass is 244 g/mol.